The van der Waals surface area contributed by atoms with E-state index in [1.54, 1.807) is 0 Å². The Balaban J connectivity index is 1.91. The number of hydrogen-bond acceptors (Lipinski definition) is 3. The van der Waals surface area contributed by atoms with Gasteiger partial charge in [-0.1, -0.05) is 26.2 Å². The Bertz CT molecular complexity index is 318. The molecule has 1 heterocycles. The summed E-state index contributed by atoms with van der Waals surface area (Å²) in [4.78, 5) is 17.2. The summed E-state index contributed by atoms with van der Waals surface area (Å²) >= 11 is 2.03. The second kappa shape index (κ2) is 7.69. The number of carbonyl (C=O) groups is 1. The highest BCUT2D eigenvalue weighted by atomic mass is 32.2. The molecule has 2 atom stereocenters. The van der Waals surface area contributed by atoms with Crippen LogP contribution in [0.4, 0.5) is 0 Å². The minimum atomic E-state index is 0.352. The molecular formula is C16H30N2OS. The summed E-state index contributed by atoms with van der Waals surface area (Å²) in [7, 11) is 0. The molecule has 0 N–H and O–H groups in total. The largest absolute Gasteiger partial charge is 0.339 e. The van der Waals surface area contributed by atoms with Gasteiger partial charge in [0.2, 0.25) is 5.91 Å². The van der Waals surface area contributed by atoms with Crippen molar-refractivity contribution < 1.29 is 4.79 Å². The van der Waals surface area contributed by atoms with Gasteiger partial charge in [-0.25, -0.2) is 0 Å². The molecule has 20 heavy (non-hydrogen) atoms. The van der Waals surface area contributed by atoms with Crippen LogP contribution in [0.2, 0.25) is 0 Å². The Morgan fingerprint density at radius 3 is 2.60 bits per heavy atom. The van der Waals surface area contributed by atoms with Crippen molar-refractivity contribution in [1.82, 2.24) is 9.80 Å². The Labute approximate surface area is 128 Å². The molecule has 1 aliphatic heterocycles. The van der Waals surface area contributed by atoms with Crippen LogP contribution in [0.25, 0.3) is 0 Å². The predicted octanol–water partition coefficient (Wildman–Crippen LogP) is 2.99. The van der Waals surface area contributed by atoms with E-state index in [9.17, 15) is 4.79 Å². The molecule has 0 aromatic rings. The zero-order chi connectivity index (χ0) is 14.5. The molecule has 2 rings (SSSR count). The van der Waals surface area contributed by atoms with Gasteiger partial charge in [0.15, 0.2) is 0 Å². The molecule has 2 aliphatic rings. The smallest absolute Gasteiger partial charge is 0.236 e. The maximum atomic E-state index is 12.7. The Morgan fingerprint density at radius 2 is 1.95 bits per heavy atom. The van der Waals surface area contributed by atoms with Gasteiger partial charge in [-0.15, -0.1) is 0 Å². The third kappa shape index (κ3) is 3.91. The van der Waals surface area contributed by atoms with Crippen LogP contribution in [-0.4, -0.2) is 58.4 Å². The number of hydrogen-bond donors (Lipinski definition) is 0. The van der Waals surface area contributed by atoms with E-state index >= 15 is 0 Å². The van der Waals surface area contributed by atoms with Crippen LogP contribution in [0.1, 0.15) is 52.9 Å². The van der Waals surface area contributed by atoms with Gasteiger partial charge in [-0.05, 0) is 26.7 Å². The van der Waals surface area contributed by atoms with Crippen LogP contribution in [0, 0.1) is 0 Å². The van der Waals surface area contributed by atoms with Gasteiger partial charge >= 0.3 is 0 Å². The summed E-state index contributed by atoms with van der Waals surface area (Å²) in [6.45, 7) is 9.23. The van der Waals surface area contributed by atoms with Crippen LogP contribution in [-0.2, 0) is 4.79 Å². The van der Waals surface area contributed by atoms with E-state index in [4.69, 9.17) is 0 Å². The van der Waals surface area contributed by atoms with E-state index < -0.39 is 0 Å². The molecule has 2 fully saturated rings. The van der Waals surface area contributed by atoms with Crippen LogP contribution in [0.5, 0.6) is 0 Å². The molecule has 4 heteroatoms. The topological polar surface area (TPSA) is 23.6 Å². The van der Waals surface area contributed by atoms with Crippen molar-refractivity contribution in [2.75, 3.05) is 25.4 Å². The SMILES string of the molecule is CCN(C(=O)CN1CCS[C@@H](C)[C@H]1C)C1CCCCC1. The van der Waals surface area contributed by atoms with E-state index in [1.165, 1.54) is 32.1 Å². The zero-order valence-electron chi connectivity index (χ0n) is 13.3. The normalized spacial score (nSPS) is 29.4. The lowest BCUT2D eigenvalue weighted by Crippen LogP contribution is -2.51. The summed E-state index contributed by atoms with van der Waals surface area (Å²) < 4.78 is 0. The minimum Gasteiger partial charge on any atom is -0.339 e. The monoisotopic (exact) mass is 298 g/mol. The third-order valence-corrected chi connectivity index (χ3v) is 6.37. The van der Waals surface area contributed by atoms with Gasteiger partial charge < -0.3 is 4.90 Å². The van der Waals surface area contributed by atoms with Gasteiger partial charge in [-0.3, -0.25) is 9.69 Å². The number of thioether (sulfide) groups is 1. The van der Waals surface area contributed by atoms with Crippen LogP contribution < -0.4 is 0 Å². The molecule has 1 amide bonds. The number of amides is 1. The highest BCUT2D eigenvalue weighted by molar-refractivity contribution is 8.00. The summed E-state index contributed by atoms with van der Waals surface area (Å²) in [5, 5.41) is 0.640. The highest BCUT2D eigenvalue weighted by Crippen LogP contribution is 2.25. The molecular weight excluding hydrogens is 268 g/mol. The first-order valence-corrected chi connectivity index (χ1v) is 9.33. The van der Waals surface area contributed by atoms with Gasteiger partial charge in [0.05, 0.1) is 6.54 Å². The molecule has 0 radical (unpaired) electrons. The van der Waals surface area contributed by atoms with E-state index in [2.05, 4.69) is 30.6 Å². The van der Waals surface area contributed by atoms with Crippen LogP contribution in [0.3, 0.4) is 0 Å². The van der Waals surface area contributed by atoms with Crippen LogP contribution in [0.15, 0.2) is 0 Å². The second-order valence-electron chi connectivity index (χ2n) is 6.26. The maximum Gasteiger partial charge on any atom is 0.236 e. The number of rotatable bonds is 4. The van der Waals surface area contributed by atoms with Gasteiger partial charge in [0.1, 0.15) is 0 Å². The molecule has 0 unspecified atom stereocenters. The van der Waals surface area contributed by atoms with Gasteiger partial charge in [0, 0.05) is 36.2 Å². The fourth-order valence-electron chi connectivity index (χ4n) is 3.51. The summed E-state index contributed by atoms with van der Waals surface area (Å²) in [5.74, 6) is 1.51. The van der Waals surface area contributed by atoms with Crippen molar-refractivity contribution in [2.45, 2.75) is 70.2 Å². The van der Waals surface area contributed by atoms with E-state index in [0.29, 0.717) is 29.8 Å². The molecule has 0 aromatic carbocycles. The molecule has 1 saturated carbocycles. The summed E-state index contributed by atoms with van der Waals surface area (Å²) in [5.41, 5.74) is 0. The molecule has 1 aliphatic carbocycles. The quantitative estimate of drug-likeness (QED) is 0.797. The Morgan fingerprint density at radius 1 is 1.25 bits per heavy atom. The average molecular weight is 298 g/mol. The van der Waals surface area contributed by atoms with Crippen molar-refractivity contribution in [3.8, 4) is 0 Å². The molecule has 0 spiro atoms. The zero-order valence-corrected chi connectivity index (χ0v) is 14.1. The van der Waals surface area contributed by atoms with Crippen molar-refractivity contribution >= 4 is 17.7 Å². The summed E-state index contributed by atoms with van der Waals surface area (Å²) in [6.07, 6.45) is 6.35. The molecule has 3 nitrogen and oxygen atoms in total. The van der Waals surface area contributed by atoms with Crippen molar-refractivity contribution in [1.29, 1.82) is 0 Å². The number of nitrogens with zero attached hydrogens (tertiary/aromatic N) is 2. The first-order valence-electron chi connectivity index (χ1n) is 8.28. The average Bonchev–Trinajstić information content (AvgIpc) is 2.46. The van der Waals surface area contributed by atoms with E-state index in [1.807, 2.05) is 11.8 Å². The van der Waals surface area contributed by atoms with Gasteiger partial charge in [-0.2, -0.15) is 11.8 Å². The standard InChI is InChI=1S/C16H30N2OS/c1-4-18(15-8-6-5-7-9-15)16(19)12-17-10-11-20-14(3)13(17)2/h13-15H,4-12H2,1-3H3/t13-,14+/m1/s1. The lowest BCUT2D eigenvalue weighted by molar-refractivity contribution is -0.135. The first kappa shape index (κ1) is 16.2. The Kier molecular flexibility index (Phi) is 6.21. The predicted molar refractivity (Wildman–Crippen MR) is 87.2 cm³/mol. The van der Waals surface area contributed by atoms with Crippen LogP contribution >= 0.6 is 11.8 Å². The molecule has 1 saturated heterocycles. The van der Waals surface area contributed by atoms with Crippen molar-refractivity contribution in [2.24, 2.45) is 0 Å². The van der Waals surface area contributed by atoms with Crippen molar-refractivity contribution in [3.05, 3.63) is 0 Å². The summed E-state index contributed by atoms with van der Waals surface area (Å²) in [6, 6.07) is 1.02. The minimum absolute atomic E-state index is 0.352. The van der Waals surface area contributed by atoms with Gasteiger partial charge in [0.25, 0.3) is 0 Å². The molecule has 116 valence electrons. The lowest BCUT2D eigenvalue weighted by atomic mass is 9.94. The first-order chi connectivity index (χ1) is 9.63. The van der Waals surface area contributed by atoms with E-state index in [-0.39, 0.29) is 0 Å². The number of carbonyl (C=O) groups excluding carboxylic acids is 1. The highest BCUT2D eigenvalue weighted by Gasteiger charge is 2.30. The molecule has 0 aromatic heterocycles. The third-order valence-electron chi connectivity index (χ3n) is 5.03. The van der Waals surface area contributed by atoms with E-state index in [0.717, 1.165) is 18.8 Å². The lowest BCUT2D eigenvalue weighted by Gasteiger charge is -2.40. The fraction of sp³-hybridized carbons (Fsp3) is 0.938. The second-order valence-corrected chi connectivity index (χ2v) is 7.74. The maximum absolute atomic E-state index is 12.7. The Hall–Kier alpha value is -0.220. The number of likely N-dealkylation sites (N-methyl/N-ethyl adjacent to an activating group) is 1. The molecule has 0 bridgehead atoms. The fourth-order valence-corrected chi connectivity index (χ4v) is 4.68. The van der Waals surface area contributed by atoms with Crippen molar-refractivity contribution in [3.63, 3.8) is 0 Å².